The number of aromatic nitrogens is 2. The second-order valence-electron chi connectivity index (χ2n) is 9.04. The average molecular weight is 452 g/mol. The van der Waals surface area contributed by atoms with Crippen molar-refractivity contribution in [3.05, 3.63) is 54.3 Å². The van der Waals surface area contributed by atoms with Crippen LogP contribution in [0.2, 0.25) is 0 Å². The van der Waals surface area contributed by atoms with Crippen molar-refractivity contribution in [2.24, 2.45) is 5.92 Å². The molecule has 5 heteroatoms. The van der Waals surface area contributed by atoms with Crippen LogP contribution >= 0.6 is 0 Å². The molecule has 0 bridgehead atoms. The molecule has 178 valence electrons. The number of H-pyrrole nitrogens is 1. The van der Waals surface area contributed by atoms with Crippen LogP contribution in [0.3, 0.4) is 0 Å². The van der Waals surface area contributed by atoms with E-state index >= 15 is 0 Å². The molecule has 2 heterocycles. The number of aryl methyl sites for hydroxylation is 1. The summed E-state index contributed by atoms with van der Waals surface area (Å²) in [6.45, 7) is 12.3. The monoisotopic (exact) mass is 451 g/mol. The summed E-state index contributed by atoms with van der Waals surface area (Å²) in [5.74, 6) is 1.40. The number of aromatic amines is 1. The fourth-order valence-electron chi connectivity index (χ4n) is 4.04. The second-order valence-corrected chi connectivity index (χ2v) is 9.04. The molecule has 0 fully saturated rings. The average Bonchev–Trinajstić information content (AvgIpc) is 3.40. The minimum Gasteiger partial charge on any atom is -0.441 e. The first-order valence-corrected chi connectivity index (χ1v) is 12.3. The van der Waals surface area contributed by atoms with Crippen LogP contribution < -0.4 is 5.32 Å². The van der Waals surface area contributed by atoms with Crippen LogP contribution in [0.15, 0.2) is 47.0 Å². The molecule has 2 aromatic heterocycles. The third-order valence-electron chi connectivity index (χ3n) is 6.05. The summed E-state index contributed by atoms with van der Waals surface area (Å²) in [5.41, 5.74) is 4.52. The van der Waals surface area contributed by atoms with Crippen LogP contribution in [0.5, 0.6) is 0 Å². The Hall–Kier alpha value is -2.66. The predicted octanol–water partition coefficient (Wildman–Crippen LogP) is 7.88. The van der Waals surface area contributed by atoms with Crippen molar-refractivity contribution in [1.82, 2.24) is 15.3 Å². The van der Waals surface area contributed by atoms with Crippen LogP contribution in [0.4, 0.5) is 4.39 Å². The van der Waals surface area contributed by atoms with E-state index in [0.717, 1.165) is 64.3 Å². The van der Waals surface area contributed by atoms with Gasteiger partial charge in [0.1, 0.15) is 11.3 Å². The van der Waals surface area contributed by atoms with Gasteiger partial charge in [0.05, 0.1) is 0 Å². The summed E-state index contributed by atoms with van der Waals surface area (Å²) in [4.78, 5) is 7.59. The number of rotatable bonds is 9. The van der Waals surface area contributed by atoms with E-state index < -0.39 is 0 Å². The Kier molecular flexibility index (Phi) is 9.07. The summed E-state index contributed by atoms with van der Waals surface area (Å²) in [6.07, 6.45) is 7.61. The van der Waals surface area contributed by atoms with E-state index in [9.17, 15) is 4.39 Å². The van der Waals surface area contributed by atoms with E-state index in [1.165, 1.54) is 31.4 Å². The van der Waals surface area contributed by atoms with E-state index in [-0.39, 0.29) is 5.82 Å². The smallest absolute Gasteiger partial charge is 0.195 e. The maximum Gasteiger partial charge on any atom is 0.195 e. The normalized spacial score (nSPS) is 13.2. The molecule has 0 aliphatic heterocycles. The summed E-state index contributed by atoms with van der Waals surface area (Å²) in [6, 6.07) is 11.5. The van der Waals surface area contributed by atoms with Gasteiger partial charge in [0.2, 0.25) is 0 Å². The van der Waals surface area contributed by atoms with Gasteiger partial charge in [0, 0.05) is 35.1 Å². The number of nitrogens with zero attached hydrogens (tertiary/aromatic N) is 1. The largest absolute Gasteiger partial charge is 0.441 e. The van der Waals surface area contributed by atoms with Gasteiger partial charge in [-0.2, -0.15) is 0 Å². The van der Waals surface area contributed by atoms with Crippen molar-refractivity contribution < 1.29 is 8.81 Å². The molecule has 4 nitrogen and oxygen atoms in total. The van der Waals surface area contributed by atoms with Gasteiger partial charge >= 0.3 is 0 Å². The predicted molar refractivity (Wildman–Crippen MR) is 137 cm³/mol. The number of halogens is 1. The van der Waals surface area contributed by atoms with Gasteiger partial charge in [-0.3, -0.25) is 0 Å². The molecule has 0 aliphatic carbocycles. The Morgan fingerprint density at radius 3 is 2.61 bits per heavy atom. The Morgan fingerprint density at radius 2 is 1.88 bits per heavy atom. The quantitative estimate of drug-likeness (QED) is 0.272. The van der Waals surface area contributed by atoms with Gasteiger partial charge in [-0.05, 0) is 74.5 Å². The Balaban J connectivity index is 0.000000239. The first kappa shape index (κ1) is 25.0. The second kappa shape index (κ2) is 12.0. The fourth-order valence-corrected chi connectivity index (χ4v) is 4.04. The highest BCUT2D eigenvalue weighted by Gasteiger charge is 2.10. The zero-order valence-electron chi connectivity index (χ0n) is 20.7. The molecule has 2 unspecified atom stereocenters. The molecule has 0 aliphatic rings. The van der Waals surface area contributed by atoms with Crippen LogP contribution in [0.1, 0.15) is 66.2 Å². The van der Waals surface area contributed by atoms with Crippen molar-refractivity contribution in [2.75, 3.05) is 6.54 Å². The molecule has 2 N–H and O–H groups in total. The van der Waals surface area contributed by atoms with E-state index in [0.29, 0.717) is 6.04 Å². The van der Waals surface area contributed by atoms with Crippen LogP contribution in [-0.4, -0.2) is 22.6 Å². The molecular formula is C28H38FN3O. The molecular weight excluding hydrogens is 413 g/mol. The Morgan fingerprint density at radius 1 is 1.06 bits per heavy atom. The number of hydrogen-bond acceptors (Lipinski definition) is 3. The van der Waals surface area contributed by atoms with Gasteiger partial charge < -0.3 is 14.7 Å². The molecule has 0 spiro atoms. The lowest BCUT2D eigenvalue weighted by molar-refractivity contribution is 0.413. The lowest BCUT2D eigenvalue weighted by atomic mass is 10.0. The van der Waals surface area contributed by atoms with E-state index in [1.807, 2.05) is 24.4 Å². The van der Waals surface area contributed by atoms with Crippen LogP contribution in [0.25, 0.3) is 33.1 Å². The molecule has 4 rings (SSSR count). The lowest BCUT2D eigenvalue weighted by Gasteiger charge is -2.16. The van der Waals surface area contributed by atoms with Crippen molar-refractivity contribution in [2.45, 2.75) is 72.8 Å². The lowest BCUT2D eigenvalue weighted by Crippen LogP contribution is -2.28. The number of hydrogen-bond donors (Lipinski definition) is 2. The summed E-state index contributed by atoms with van der Waals surface area (Å²) < 4.78 is 19.1. The van der Waals surface area contributed by atoms with Gasteiger partial charge in [-0.15, -0.1) is 0 Å². The molecule has 0 radical (unpaired) electrons. The van der Waals surface area contributed by atoms with Gasteiger partial charge in [0.25, 0.3) is 0 Å². The first-order chi connectivity index (χ1) is 15.9. The highest BCUT2D eigenvalue weighted by Crippen LogP contribution is 2.31. The van der Waals surface area contributed by atoms with Crippen molar-refractivity contribution >= 4 is 22.0 Å². The standard InChI is InChI=1S/C18H15FN2O.C10H23N/c1-2-3-18-21-15-7-4-11(8-17(15)22-18)14-10-20-16-9-12(19)5-6-13(14)16;1-5-7-11-10(4)8-9(3)6-2/h4-10,20H,2-3H2,1H3;9-11H,5-8H2,1-4H3. The third kappa shape index (κ3) is 6.67. The van der Waals surface area contributed by atoms with Gasteiger partial charge in [-0.1, -0.05) is 40.2 Å². The molecule has 2 atom stereocenters. The number of oxazole rings is 1. The first-order valence-electron chi connectivity index (χ1n) is 12.3. The number of benzene rings is 2. The number of fused-ring (bicyclic) bond motifs is 2. The SMILES string of the molecule is CCCNC(C)CC(C)CC.CCCc1nc2ccc(-c3c[nH]c4cc(F)ccc34)cc2o1. The summed E-state index contributed by atoms with van der Waals surface area (Å²) in [7, 11) is 0. The zero-order chi connectivity index (χ0) is 23.8. The highest BCUT2D eigenvalue weighted by atomic mass is 19.1. The molecule has 4 aromatic rings. The van der Waals surface area contributed by atoms with Crippen LogP contribution in [-0.2, 0) is 6.42 Å². The molecule has 2 aromatic carbocycles. The van der Waals surface area contributed by atoms with Gasteiger partial charge in [0.15, 0.2) is 11.5 Å². The van der Waals surface area contributed by atoms with Crippen LogP contribution in [0, 0.1) is 11.7 Å². The topological polar surface area (TPSA) is 53.9 Å². The number of nitrogens with one attached hydrogen (secondary N) is 2. The zero-order valence-corrected chi connectivity index (χ0v) is 20.7. The molecule has 0 amide bonds. The summed E-state index contributed by atoms with van der Waals surface area (Å²) >= 11 is 0. The molecule has 0 saturated carbocycles. The van der Waals surface area contributed by atoms with E-state index in [1.54, 1.807) is 6.07 Å². The van der Waals surface area contributed by atoms with Gasteiger partial charge in [-0.25, -0.2) is 9.37 Å². The van der Waals surface area contributed by atoms with Crippen molar-refractivity contribution in [3.8, 4) is 11.1 Å². The Labute approximate surface area is 197 Å². The van der Waals surface area contributed by atoms with Crippen molar-refractivity contribution in [1.29, 1.82) is 0 Å². The maximum atomic E-state index is 13.3. The molecule has 33 heavy (non-hydrogen) atoms. The van der Waals surface area contributed by atoms with E-state index in [2.05, 4.69) is 49.9 Å². The minimum atomic E-state index is -0.240. The van der Waals surface area contributed by atoms with E-state index in [4.69, 9.17) is 4.42 Å². The van der Waals surface area contributed by atoms with Crippen molar-refractivity contribution in [3.63, 3.8) is 0 Å². The maximum absolute atomic E-state index is 13.3. The highest BCUT2D eigenvalue weighted by molar-refractivity contribution is 5.97. The Bertz CT molecular complexity index is 1150. The minimum absolute atomic E-state index is 0.240. The summed E-state index contributed by atoms with van der Waals surface area (Å²) in [5, 5.41) is 4.49. The third-order valence-corrected chi connectivity index (χ3v) is 6.05. The molecule has 0 saturated heterocycles. The fraction of sp³-hybridized carbons (Fsp3) is 0.464.